The Kier molecular flexibility index (Phi) is 8.14. The summed E-state index contributed by atoms with van der Waals surface area (Å²) < 4.78 is 48.7. The van der Waals surface area contributed by atoms with Crippen LogP contribution in [0.3, 0.4) is 0 Å². The lowest BCUT2D eigenvalue weighted by Crippen LogP contribution is -2.33. The number of amides is 1. The van der Waals surface area contributed by atoms with Gasteiger partial charge in [0.05, 0.1) is 11.4 Å². The van der Waals surface area contributed by atoms with E-state index >= 15 is 0 Å². The van der Waals surface area contributed by atoms with Gasteiger partial charge in [-0.05, 0) is 37.1 Å². The van der Waals surface area contributed by atoms with Crippen molar-refractivity contribution in [3.05, 3.63) is 47.4 Å². The number of rotatable bonds is 10. The summed E-state index contributed by atoms with van der Waals surface area (Å²) >= 11 is 0. The zero-order valence-corrected chi connectivity index (χ0v) is 22.0. The summed E-state index contributed by atoms with van der Waals surface area (Å²) in [5.41, 5.74) is 0.217. The molecule has 3 N–H and O–H groups in total. The molecule has 1 saturated carbocycles. The maximum atomic E-state index is 14.1. The molecule has 0 radical (unpaired) electrons. The minimum atomic E-state index is -1.36. The van der Waals surface area contributed by atoms with E-state index in [1.165, 1.54) is 11.0 Å². The maximum absolute atomic E-state index is 14.1. The number of aromatic nitrogens is 4. The van der Waals surface area contributed by atoms with Gasteiger partial charge in [-0.3, -0.25) is 4.79 Å². The third-order valence-electron chi connectivity index (χ3n) is 6.26. The van der Waals surface area contributed by atoms with Crippen LogP contribution in [-0.4, -0.2) is 63.8 Å². The van der Waals surface area contributed by atoms with E-state index in [1.54, 1.807) is 0 Å². The average Bonchev–Trinajstić information content (AvgIpc) is 3.37. The predicted octanol–water partition coefficient (Wildman–Crippen LogP) is 3.62. The highest BCUT2D eigenvalue weighted by molar-refractivity contribution is 6.76. The van der Waals surface area contributed by atoms with E-state index < -0.39 is 43.9 Å². The SMILES string of the molecule is C[Si](C)(C)CCOCn1nc(C(=O)NCc2cc(F)ccc2F)c2c(N[C@@H]3CC[C@H](F)[C@H]3O)ncnc21. The lowest BCUT2D eigenvalue weighted by molar-refractivity contribution is 0.0800. The number of carbonyl (C=O) groups excluding carboxylic acids is 1. The molecule has 0 bridgehead atoms. The standard InChI is InChI=1S/C24H31F3N6O3Si/c1-37(2,3)9-8-36-13-33-23-19(22(29-12-30-23)31-18-7-6-17(27)21(18)34)20(32-33)24(35)28-11-14-10-15(25)4-5-16(14)26/h4-5,10,12,17-18,21,34H,6-9,11,13H2,1-3H3,(H,28,35)(H,29,30,31)/t17-,18+,21+/m0/s1. The normalized spacial score (nSPS) is 19.9. The first kappa shape index (κ1) is 27.0. The second-order valence-corrected chi connectivity index (χ2v) is 16.0. The number of aliphatic hydroxyl groups excluding tert-OH is 1. The monoisotopic (exact) mass is 536 g/mol. The Morgan fingerprint density at radius 2 is 2.03 bits per heavy atom. The Labute approximate surface area is 213 Å². The van der Waals surface area contributed by atoms with E-state index in [9.17, 15) is 23.1 Å². The van der Waals surface area contributed by atoms with Crippen LogP contribution in [0.5, 0.6) is 0 Å². The summed E-state index contributed by atoms with van der Waals surface area (Å²) in [7, 11) is -1.32. The van der Waals surface area contributed by atoms with Gasteiger partial charge in [0.15, 0.2) is 11.3 Å². The number of anilines is 1. The van der Waals surface area contributed by atoms with Crippen molar-refractivity contribution in [2.45, 2.75) is 70.1 Å². The Bertz CT molecular complexity index is 1270. The van der Waals surface area contributed by atoms with Crippen LogP contribution in [0.2, 0.25) is 25.7 Å². The summed E-state index contributed by atoms with van der Waals surface area (Å²) in [5.74, 6) is -1.74. The number of aliphatic hydroxyl groups is 1. The Morgan fingerprint density at radius 1 is 1.24 bits per heavy atom. The molecule has 200 valence electrons. The number of nitrogens with zero attached hydrogens (tertiary/aromatic N) is 4. The van der Waals surface area contributed by atoms with Crippen molar-refractivity contribution in [1.82, 2.24) is 25.1 Å². The Morgan fingerprint density at radius 3 is 2.73 bits per heavy atom. The molecule has 1 aliphatic rings. The number of benzene rings is 1. The average molecular weight is 537 g/mol. The fourth-order valence-corrected chi connectivity index (χ4v) is 4.86. The number of ether oxygens (including phenoxy) is 1. The molecule has 1 amide bonds. The van der Waals surface area contributed by atoms with Gasteiger partial charge in [-0.1, -0.05) is 19.6 Å². The van der Waals surface area contributed by atoms with E-state index in [0.717, 1.165) is 24.2 Å². The third kappa shape index (κ3) is 6.46. The lowest BCUT2D eigenvalue weighted by Gasteiger charge is -2.18. The summed E-state index contributed by atoms with van der Waals surface area (Å²) in [4.78, 5) is 21.7. The highest BCUT2D eigenvalue weighted by Gasteiger charge is 2.36. The van der Waals surface area contributed by atoms with Crippen molar-refractivity contribution in [1.29, 1.82) is 0 Å². The van der Waals surface area contributed by atoms with Crippen molar-refractivity contribution in [2.24, 2.45) is 0 Å². The van der Waals surface area contributed by atoms with Crippen molar-refractivity contribution in [3.8, 4) is 0 Å². The molecule has 4 rings (SSSR count). The molecule has 0 unspecified atom stereocenters. The molecule has 13 heteroatoms. The molecule has 1 aliphatic carbocycles. The molecule has 3 aromatic rings. The van der Waals surface area contributed by atoms with E-state index in [4.69, 9.17) is 4.74 Å². The first-order valence-electron chi connectivity index (χ1n) is 12.1. The van der Waals surface area contributed by atoms with Crippen molar-refractivity contribution in [2.75, 3.05) is 11.9 Å². The summed E-state index contributed by atoms with van der Waals surface area (Å²) in [6, 6.07) is 3.31. The van der Waals surface area contributed by atoms with Crippen molar-refractivity contribution < 1.29 is 27.8 Å². The van der Waals surface area contributed by atoms with Crippen molar-refractivity contribution >= 4 is 30.8 Å². The van der Waals surface area contributed by atoms with Crippen molar-refractivity contribution in [3.63, 3.8) is 0 Å². The van der Waals surface area contributed by atoms with Crippen LogP contribution < -0.4 is 10.6 Å². The fourth-order valence-electron chi connectivity index (χ4n) is 4.10. The van der Waals surface area contributed by atoms with Crippen LogP contribution in [-0.2, 0) is 18.0 Å². The number of halogens is 3. The van der Waals surface area contributed by atoms with Gasteiger partial charge in [0, 0.05) is 26.8 Å². The minimum Gasteiger partial charge on any atom is -0.388 e. The molecule has 37 heavy (non-hydrogen) atoms. The molecule has 3 atom stereocenters. The number of alkyl halides is 1. The first-order chi connectivity index (χ1) is 17.5. The topological polar surface area (TPSA) is 114 Å². The molecule has 1 aromatic carbocycles. The molecule has 0 saturated heterocycles. The van der Waals surface area contributed by atoms with Gasteiger partial charge >= 0.3 is 0 Å². The van der Waals surface area contributed by atoms with E-state index in [-0.39, 0.29) is 42.2 Å². The van der Waals surface area contributed by atoms with Gasteiger partial charge in [0.2, 0.25) is 0 Å². The number of fused-ring (bicyclic) bond motifs is 1. The van der Waals surface area contributed by atoms with Gasteiger partial charge < -0.3 is 20.5 Å². The quantitative estimate of drug-likeness (QED) is 0.268. The van der Waals surface area contributed by atoms with Crippen LogP contribution >= 0.6 is 0 Å². The third-order valence-corrected chi connectivity index (χ3v) is 7.96. The van der Waals surface area contributed by atoms with Crippen LogP contribution in [0.4, 0.5) is 19.0 Å². The Balaban J connectivity index is 1.62. The van der Waals surface area contributed by atoms with Gasteiger partial charge in [-0.2, -0.15) is 5.10 Å². The highest BCUT2D eigenvalue weighted by atomic mass is 28.3. The molecular weight excluding hydrogens is 505 g/mol. The first-order valence-corrected chi connectivity index (χ1v) is 15.8. The molecule has 2 aromatic heterocycles. The molecular formula is C24H31F3N6O3Si. The largest absolute Gasteiger partial charge is 0.388 e. The van der Waals surface area contributed by atoms with Gasteiger partial charge in [0.1, 0.15) is 42.8 Å². The number of hydrogen-bond donors (Lipinski definition) is 3. The number of carbonyl (C=O) groups is 1. The summed E-state index contributed by atoms with van der Waals surface area (Å²) in [6.07, 6.45) is -0.728. The lowest BCUT2D eigenvalue weighted by atomic mass is 10.2. The van der Waals surface area contributed by atoms with Crippen LogP contribution in [0.1, 0.15) is 28.9 Å². The maximum Gasteiger partial charge on any atom is 0.272 e. The van der Waals surface area contributed by atoms with E-state index in [1.807, 2.05) is 0 Å². The molecule has 1 fully saturated rings. The second-order valence-electron chi connectivity index (χ2n) is 10.4. The zero-order chi connectivity index (χ0) is 26.7. The fraction of sp³-hybridized carbons (Fsp3) is 0.500. The summed E-state index contributed by atoms with van der Waals surface area (Å²) in [6.45, 7) is 6.96. The molecule has 0 aliphatic heterocycles. The molecule has 2 heterocycles. The molecule has 9 nitrogen and oxygen atoms in total. The smallest absolute Gasteiger partial charge is 0.272 e. The van der Waals surface area contributed by atoms with Crippen LogP contribution in [0, 0.1) is 11.6 Å². The van der Waals surface area contributed by atoms with Gasteiger partial charge in [0.25, 0.3) is 5.91 Å². The van der Waals surface area contributed by atoms with E-state index in [2.05, 4.69) is 45.3 Å². The van der Waals surface area contributed by atoms with E-state index in [0.29, 0.717) is 18.7 Å². The van der Waals surface area contributed by atoms with Gasteiger partial charge in [-0.25, -0.2) is 27.8 Å². The van der Waals surface area contributed by atoms with Gasteiger partial charge in [-0.15, -0.1) is 0 Å². The minimum absolute atomic E-state index is 0.0237. The summed E-state index contributed by atoms with van der Waals surface area (Å²) in [5, 5.41) is 20.4. The highest BCUT2D eigenvalue weighted by Crippen LogP contribution is 2.29. The van der Waals surface area contributed by atoms with Crippen LogP contribution in [0.15, 0.2) is 24.5 Å². The van der Waals surface area contributed by atoms with Crippen LogP contribution in [0.25, 0.3) is 11.0 Å². The Hall–Kier alpha value is -3.03. The number of hydrogen-bond acceptors (Lipinski definition) is 7. The predicted molar refractivity (Wildman–Crippen MR) is 135 cm³/mol. The molecule has 0 spiro atoms. The number of nitrogens with one attached hydrogen (secondary N) is 2. The second kappa shape index (κ2) is 11.2. The zero-order valence-electron chi connectivity index (χ0n) is 21.0.